The lowest BCUT2D eigenvalue weighted by molar-refractivity contribution is -0.160. The Morgan fingerprint density at radius 1 is 1.03 bits per heavy atom. The molecule has 1 aliphatic carbocycles. The molecule has 2 aromatic carbocycles. The van der Waals surface area contributed by atoms with Crippen LogP contribution in [-0.2, 0) is 14.9 Å². The number of pyridine rings is 1. The molecule has 4 heteroatoms. The number of esters is 1. The minimum Gasteiger partial charge on any atom is -0.455 e. The maximum Gasteiger partial charge on any atom is 0.317 e. The van der Waals surface area contributed by atoms with E-state index in [1.165, 1.54) is 12.8 Å². The Balaban J connectivity index is 1.52. The van der Waals surface area contributed by atoms with Crippen molar-refractivity contribution in [1.29, 1.82) is 0 Å². The lowest BCUT2D eigenvalue weighted by Crippen LogP contribution is -2.46. The van der Waals surface area contributed by atoms with Crippen molar-refractivity contribution in [3.63, 3.8) is 0 Å². The maximum atomic E-state index is 14.1. The summed E-state index contributed by atoms with van der Waals surface area (Å²) in [7, 11) is 0. The summed E-state index contributed by atoms with van der Waals surface area (Å²) in [5.74, 6) is 0.625. The fourth-order valence-corrected chi connectivity index (χ4v) is 6.02. The topological polar surface area (TPSA) is 51.2 Å². The van der Waals surface area contributed by atoms with Gasteiger partial charge >= 0.3 is 5.97 Å². The molecule has 0 spiro atoms. The summed E-state index contributed by atoms with van der Waals surface area (Å²) in [4.78, 5) is 18.7. The average Bonchev–Trinajstić information content (AvgIpc) is 2.92. The number of fused-ring (bicyclic) bond motifs is 1. The first kappa shape index (κ1) is 23.0. The minimum absolute atomic E-state index is 0.0660. The fraction of sp³-hybridized carbons (Fsp3) is 0.467. The average molecular weight is 457 g/mol. The first-order chi connectivity index (χ1) is 16.7. The normalized spacial score (nSPS) is 23.3. The van der Waals surface area contributed by atoms with Crippen LogP contribution in [0.1, 0.15) is 75.5 Å². The predicted molar refractivity (Wildman–Crippen MR) is 137 cm³/mol. The highest BCUT2D eigenvalue weighted by molar-refractivity contribution is 5.85. The van der Waals surface area contributed by atoms with Crippen molar-refractivity contribution in [2.24, 2.45) is 5.92 Å². The number of carbonyl (C=O) groups excluding carboxylic acids is 1. The van der Waals surface area contributed by atoms with Gasteiger partial charge in [0.2, 0.25) is 0 Å². The zero-order valence-electron chi connectivity index (χ0n) is 20.2. The highest BCUT2D eigenvalue weighted by Gasteiger charge is 2.44. The standard InChI is InChI=1S/C30H36N2O2/c1-2-22-15-16-27(32-21-22)28(25-17-20-31-26-14-8-7-13-24(25)26)34-29(33)30(18-9-4-10-19-30)23-11-5-3-6-12-23/h3,5-8,11-14,17,20,22,27-28,32H,2,4,9-10,15-16,18-19,21H2,1H3. The van der Waals surface area contributed by atoms with Crippen LogP contribution in [0.3, 0.4) is 0 Å². The molecule has 0 amide bonds. The van der Waals surface area contributed by atoms with Gasteiger partial charge < -0.3 is 10.1 Å². The second kappa shape index (κ2) is 10.3. The van der Waals surface area contributed by atoms with Crippen LogP contribution in [0.4, 0.5) is 0 Å². The van der Waals surface area contributed by atoms with Gasteiger partial charge in [0.15, 0.2) is 0 Å². The molecule has 2 fully saturated rings. The zero-order chi connectivity index (χ0) is 23.4. The third kappa shape index (κ3) is 4.48. The molecule has 2 heterocycles. The molecule has 1 aliphatic heterocycles. The van der Waals surface area contributed by atoms with Gasteiger partial charge in [-0.3, -0.25) is 9.78 Å². The second-order valence-corrected chi connectivity index (χ2v) is 10.1. The van der Waals surface area contributed by atoms with E-state index in [1.54, 1.807) is 0 Å². The number of nitrogens with zero attached hydrogens (tertiary/aromatic N) is 1. The van der Waals surface area contributed by atoms with E-state index in [2.05, 4.69) is 35.4 Å². The maximum absolute atomic E-state index is 14.1. The summed E-state index contributed by atoms with van der Waals surface area (Å²) in [6, 6.07) is 20.7. The first-order valence-corrected chi connectivity index (χ1v) is 13.0. The molecule has 0 radical (unpaired) electrons. The first-order valence-electron chi connectivity index (χ1n) is 13.0. The van der Waals surface area contributed by atoms with Gasteiger partial charge in [0.05, 0.1) is 10.9 Å². The molecule has 3 aromatic rings. The Hall–Kier alpha value is -2.72. The van der Waals surface area contributed by atoms with E-state index >= 15 is 0 Å². The van der Waals surface area contributed by atoms with E-state index in [1.807, 2.05) is 48.7 Å². The number of aromatic nitrogens is 1. The Morgan fingerprint density at radius 3 is 2.53 bits per heavy atom. The molecule has 3 atom stereocenters. The Labute approximate surface area is 203 Å². The van der Waals surface area contributed by atoms with E-state index in [-0.39, 0.29) is 18.1 Å². The number of para-hydroxylation sites is 1. The monoisotopic (exact) mass is 456 g/mol. The minimum atomic E-state index is -0.554. The van der Waals surface area contributed by atoms with Gasteiger partial charge in [-0.25, -0.2) is 0 Å². The smallest absolute Gasteiger partial charge is 0.317 e. The van der Waals surface area contributed by atoms with Crippen LogP contribution in [0, 0.1) is 5.92 Å². The highest BCUT2D eigenvalue weighted by atomic mass is 16.5. The lowest BCUT2D eigenvalue weighted by atomic mass is 9.69. The molecule has 2 aliphatic rings. The van der Waals surface area contributed by atoms with Crippen molar-refractivity contribution in [1.82, 2.24) is 10.3 Å². The molecular weight excluding hydrogens is 420 g/mol. The van der Waals surface area contributed by atoms with Gasteiger partial charge in [-0.1, -0.05) is 81.1 Å². The SMILES string of the molecule is CCC1CCC(C(OC(=O)C2(c3ccccc3)CCCCC2)c2ccnc3ccccc23)NC1. The molecule has 178 valence electrons. The second-order valence-electron chi connectivity index (χ2n) is 10.1. The van der Waals surface area contributed by atoms with E-state index in [0.29, 0.717) is 5.92 Å². The molecule has 1 saturated carbocycles. The van der Waals surface area contributed by atoms with Crippen LogP contribution in [0.5, 0.6) is 0 Å². The summed E-state index contributed by atoms with van der Waals surface area (Å²) in [6.07, 6.45) is 9.89. The van der Waals surface area contributed by atoms with Crippen molar-refractivity contribution in [3.8, 4) is 0 Å². The molecule has 1 N–H and O–H groups in total. The molecule has 34 heavy (non-hydrogen) atoms. The molecule has 4 nitrogen and oxygen atoms in total. The molecular formula is C30H36N2O2. The van der Waals surface area contributed by atoms with E-state index in [4.69, 9.17) is 4.74 Å². The molecule has 1 aromatic heterocycles. The van der Waals surface area contributed by atoms with Crippen molar-refractivity contribution >= 4 is 16.9 Å². The molecule has 0 bridgehead atoms. The lowest BCUT2D eigenvalue weighted by Gasteiger charge is -2.39. The van der Waals surface area contributed by atoms with Gasteiger partial charge in [0, 0.05) is 23.2 Å². The van der Waals surface area contributed by atoms with E-state index in [0.717, 1.165) is 67.1 Å². The Kier molecular flexibility index (Phi) is 6.96. The summed E-state index contributed by atoms with van der Waals surface area (Å²) in [5, 5.41) is 4.82. The number of ether oxygens (including phenoxy) is 1. The van der Waals surface area contributed by atoms with Gasteiger partial charge in [-0.15, -0.1) is 0 Å². The third-order valence-corrected chi connectivity index (χ3v) is 8.14. The summed E-state index contributed by atoms with van der Waals surface area (Å²) >= 11 is 0. The largest absolute Gasteiger partial charge is 0.455 e. The van der Waals surface area contributed by atoms with Crippen LogP contribution in [-0.4, -0.2) is 23.5 Å². The number of piperidine rings is 1. The van der Waals surface area contributed by atoms with Gasteiger partial charge in [0.1, 0.15) is 6.10 Å². The van der Waals surface area contributed by atoms with Crippen LogP contribution < -0.4 is 5.32 Å². The molecule has 3 unspecified atom stereocenters. The van der Waals surface area contributed by atoms with E-state index in [9.17, 15) is 4.79 Å². The fourth-order valence-electron chi connectivity index (χ4n) is 6.02. The van der Waals surface area contributed by atoms with Crippen LogP contribution in [0.2, 0.25) is 0 Å². The van der Waals surface area contributed by atoms with Crippen molar-refractivity contribution in [2.45, 2.75) is 75.9 Å². The van der Waals surface area contributed by atoms with Gasteiger partial charge in [-0.2, -0.15) is 0 Å². The molecule has 5 rings (SSSR count). The van der Waals surface area contributed by atoms with Crippen LogP contribution in [0.15, 0.2) is 66.9 Å². The summed E-state index contributed by atoms with van der Waals surface area (Å²) in [5.41, 5.74) is 2.55. The summed E-state index contributed by atoms with van der Waals surface area (Å²) < 4.78 is 6.62. The predicted octanol–water partition coefficient (Wildman–Crippen LogP) is 6.50. The highest BCUT2D eigenvalue weighted by Crippen LogP contribution is 2.43. The van der Waals surface area contributed by atoms with Crippen molar-refractivity contribution in [3.05, 3.63) is 78.0 Å². The van der Waals surface area contributed by atoms with Crippen molar-refractivity contribution < 1.29 is 9.53 Å². The number of hydrogen-bond donors (Lipinski definition) is 1. The van der Waals surface area contributed by atoms with Gasteiger partial charge in [-0.05, 0) is 55.8 Å². The van der Waals surface area contributed by atoms with Crippen LogP contribution >= 0.6 is 0 Å². The number of nitrogens with one attached hydrogen (secondary N) is 1. The van der Waals surface area contributed by atoms with Gasteiger partial charge in [0.25, 0.3) is 0 Å². The summed E-state index contributed by atoms with van der Waals surface area (Å²) in [6.45, 7) is 3.23. The zero-order valence-corrected chi connectivity index (χ0v) is 20.2. The number of carbonyl (C=O) groups is 1. The third-order valence-electron chi connectivity index (χ3n) is 8.14. The van der Waals surface area contributed by atoms with E-state index < -0.39 is 5.41 Å². The quantitative estimate of drug-likeness (QED) is 0.430. The Morgan fingerprint density at radius 2 is 1.79 bits per heavy atom. The Bertz CT molecular complexity index is 1090. The molecule has 1 saturated heterocycles. The number of rotatable bonds is 6. The number of hydrogen-bond acceptors (Lipinski definition) is 4. The van der Waals surface area contributed by atoms with Crippen LogP contribution in [0.25, 0.3) is 10.9 Å². The van der Waals surface area contributed by atoms with Crippen molar-refractivity contribution in [2.75, 3.05) is 6.54 Å². The number of benzene rings is 2.